The minimum absolute atomic E-state index is 0.0559. The molecule has 0 radical (unpaired) electrons. The number of carbonyl (C=O) groups is 3. The monoisotopic (exact) mass is 309 g/mol. The lowest BCUT2D eigenvalue weighted by molar-refractivity contribution is -0.143. The molecule has 0 spiro atoms. The lowest BCUT2D eigenvalue weighted by Crippen LogP contribution is -2.50. The molecule has 0 aromatic carbocycles. The number of urea groups is 1. The van der Waals surface area contributed by atoms with Crippen LogP contribution in [-0.2, 0) is 9.59 Å². The zero-order valence-electron chi connectivity index (χ0n) is 12.6. The van der Waals surface area contributed by atoms with Crippen LogP contribution in [0.4, 0.5) is 4.79 Å². The summed E-state index contributed by atoms with van der Waals surface area (Å²) in [4.78, 5) is 36.6. The number of amides is 3. The molecule has 3 atom stereocenters. The number of carboxylic acids is 1. The fourth-order valence-electron chi connectivity index (χ4n) is 3.56. The van der Waals surface area contributed by atoms with Gasteiger partial charge in [-0.05, 0) is 25.2 Å². The Balaban J connectivity index is 1.95. The number of aliphatic carboxylic acids is 1. The highest BCUT2D eigenvalue weighted by Gasteiger charge is 2.45. The molecule has 0 bridgehead atoms. The third-order valence-corrected chi connectivity index (χ3v) is 4.49. The summed E-state index contributed by atoms with van der Waals surface area (Å²) in [5, 5.41) is 14.1. The van der Waals surface area contributed by atoms with Crippen LogP contribution in [0.25, 0.3) is 0 Å². The Morgan fingerprint density at radius 1 is 1.27 bits per heavy atom. The van der Waals surface area contributed by atoms with Gasteiger partial charge < -0.3 is 10.4 Å². The van der Waals surface area contributed by atoms with E-state index in [0.717, 1.165) is 25.7 Å². The Labute approximate surface area is 129 Å². The van der Waals surface area contributed by atoms with E-state index in [0.29, 0.717) is 12.3 Å². The molecule has 22 heavy (non-hydrogen) atoms. The molecule has 2 fully saturated rings. The van der Waals surface area contributed by atoms with E-state index in [-0.39, 0.29) is 19.1 Å². The topological polar surface area (TPSA) is 98.7 Å². The van der Waals surface area contributed by atoms with Crippen molar-refractivity contribution < 1.29 is 19.5 Å². The number of carboxylic acid groups (broad SMARTS) is 1. The van der Waals surface area contributed by atoms with Gasteiger partial charge in [0.2, 0.25) is 5.91 Å². The number of nitrogens with zero attached hydrogens (tertiary/aromatic N) is 1. The predicted octanol–water partition coefficient (Wildman–Crippen LogP) is 0.716. The van der Waals surface area contributed by atoms with Crippen LogP contribution in [0, 0.1) is 5.92 Å². The highest BCUT2D eigenvalue weighted by Crippen LogP contribution is 2.39. The Morgan fingerprint density at radius 2 is 2.00 bits per heavy atom. The molecule has 7 heteroatoms. The Hall–Kier alpha value is -1.89. The first-order valence-electron chi connectivity index (χ1n) is 7.70. The van der Waals surface area contributed by atoms with Crippen LogP contribution in [0.3, 0.4) is 0 Å². The molecule has 2 rings (SSSR count). The zero-order chi connectivity index (χ0) is 16.1. The highest BCUT2D eigenvalue weighted by atomic mass is 16.4. The van der Waals surface area contributed by atoms with E-state index in [9.17, 15) is 19.5 Å². The van der Waals surface area contributed by atoms with E-state index in [1.165, 1.54) is 6.08 Å². The van der Waals surface area contributed by atoms with Crippen LogP contribution in [-0.4, -0.2) is 53.1 Å². The van der Waals surface area contributed by atoms with Gasteiger partial charge in [0.1, 0.15) is 6.04 Å². The molecule has 2 aliphatic rings. The second kappa shape index (κ2) is 7.40. The second-order valence-corrected chi connectivity index (χ2v) is 5.92. The number of nitrogens with one attached hydrogen (secondary N) is 2. The number of imide groups is 1. The van der Waals surface area contributed by atoms with Crippen LogP contribution in [0.15, 0.2) is 12.7 Å². The SMILES string of the molecule is C=CCNC(=O)NC(=O)CN1C(C(=O)O)CC2CCCCC21. The van der Waals surface area contributed by atoms with Gasteiger partial charge in [-0.3, -0.25) is 19.8 Å². The molecule has 3 amide bonds. The van der Waals surface area contributed by atoms with Gasteiger partial charge in [0.05, 0.1) is 6.54 Å². The molecule has 3 unspecified atom stereocenters. The van der Waals surface area contributed by atoms with Crippen molar-refractivity contribution in [2.24, 2.45) is 5.92 Å². The van der Waals surface area contributed by atoms with Crippen LogP contribution >= 0.6 is 0 Å². The quantitative estimate of drug-likeness (QED) is 0.650. The van der Waals surface area contributed by atoms with Gasteiger partial charge in [-0.1, -0.05) is 18.9 Å². The van der Waals surface area contributed by atoms with Gasteiger partial charge in [-0.15, -0.1) is 6.58 Å². The fourth-order valence-corrected chi connectivity index (χ4v) is 3.56. The van der Waals surface area contributed by atoms with Gasteiger partial charge >= 0.3 is 12.0 Å². The van der Waals surface area contributed by atoms with E-state index >= 15 is 0 Å². The molecule has 0 aromatic heterocycles. The predicted molar refractivity (Wildman–Crippen MR) is 80.2 cm³/mol. The molecule has 7 nitrogen and oxygen atoms in total. The number of hydrogen-bond donors (Lipinski definition) is 3. The summed E-state index contributed by atoms with van der Waals surface area (Å²) < 4.78 is 0. The minimum atomic E-state index is -0.890. The first-order chi connectivity index (χ1) is 10.5. The molecule has 3 N–H and O–H groups in total. The molecule has 1 saturated carbocycles. The number of fused-ring (bicyclic) bond motifs is 1. The molecule has 0 aromatic rings. The standard InChI is InChI=1S/C15H23N3O4/c1-2-7-16-15(22)17-13(19)9-18-11-6-4-3-5-10(11)8-12(18)14(20)21/h2,10-12H,1,3-9H2,(H,20,21)(H2,16,17,19,22). The first-order valence-corrected chi connectivity index (χ1v) is 7.70. The third kappa shape index (κ3) is 3.85. The summed E-state index contributed by atoms with van der Waals surface area (Å²) in [7, 11) is 0. The molecule has 1 aliphatic carbocycles. The van der Waals surface area contributed by atoms with E-state index in [4.69, 9.17) is 0 Å². The average Bonchev–Trinajstić information content (AvgIpc) is 2.84. The summed E-state index contributed by atoms with van der Waals surface area (Å²) in [5.74, 6) is -1.02. The molecule has 1 heterocycles. The lowest BCUT2D eigenvalue weighted by Gasteiger charge is -2.32. The van der Waals surface area contributed by atoms with Crippen molar-refractivity contribution in [3.63, 3.8) is 0 Å². The van der Waals surface area contributed by atoms with Crippen molar-refractivity contribution in [2.75, 3.05) is 13.1 Å². The van der Waals surface area contributed by atoms with Gasteiger partial charge in [-0.2, -0.15) is 0 Å². The van der Waals surface area contributed by atoms with E-state index in [1.807, 2.05) is 0 Å². The van der Waals surface area contributed by atoms with E-state index in [2.05, 4.69) is 17.2 Å². The van der Waals surface area contributed by atoms with E-state index in [1.54, 1.807) is 4.90 Å². The molecule has 1 saturated heterocycles. The zero-order valence-corrected chi connectivity index (χ0v) is 12.6. The minimum Gasteiger partial charge on any atom is -0.480 e. The van der Waals surface area contributed by atoms with Gasteiger partial charge in [0.25, 0.3) is 0 Å². The first kappa shape index (κ1) is 16.5. The third-order valence-electron chi connectivity index (χ3n) is 4.49. The maximum Gasteiger partial charge on any atom is 0.321 e. The van der Waals surface area contributed by atoms with Crippen LogP contribution in [0.2, 0.25) is 0 Å². The number of likely N-dealkylation sites (tertiary alicyclic amines) is 1. The van der Waals surface area contributed by atoms with E-state index < -0.39 is 23.9 Å². The maximum absolute atomic E-state index is 12.0. The molecular weight excluding hydrogens is 286 g/mol. The van der Waals surface area contributed by atoms with Gasteiger partial charge in [0, 0.05) is 12.6 Å². The second-order valence-electron chi connectivity index (χ2n) is 5.92. The Morgan fingerprint density at radius 3 is 2.68 bits per heavy atom. The number of hydrogen-bond acceptors (Lipinski definition) is 4. The normalized spacial score (nSPS) is 27.7. The smallest absolute Gasteiger partial charge is 0.321 e. The van der Waals surface area contributed by atoms with Gasteiger partial charge in [0.15, 0.2) is 0 Å². The largest absolute Gasteiger partial charge is 0.480 e. The molecular formula is C15H23N3O4. The van der Waals surface area contributed by atoms with Crippen molar-refractivity contribution in [1.29, 1.82) is 0 Å². The van der Waals surface area contributed by atoms with Crippen molar-refractivity contribution in [1.82, 2.24) is 15.5 Å². The van der Waals surface area contributed by atoms with Crippen molar-refractivity contribution in [3.05, 3.63) is 12.7 Å². The van der Waals surface area contributed by atoms with Crippen LogP contribution in [0.1, 0.15) is 32.1 Å². The van der Waals surface area contributed by atoms with Crippen LogP contribution in [0.5, 0.6) is 0 Å². The van der Waals surface area contributed by atoms with Crippen molar-refractivity contribution >= 4 is 17.9 Å². The van der Waals surface area contributed by atoms with Crippen LogP contribution < -0.4 is 10.6 Å². The Bertz CT molecular complexity index is 466. The molecule has 1 aliphatic heterocycles. The number of carbonyl (C=O) groups excluding carboxylic acids is 2. The summed E-state index contributed by atoms with van der Waals surface area (Å²) >= 11 is 0. The fraction of sp³-hybridized carbons (Fsp3) is 0.667. The van der Waals surface area contributed by atoms with Gasteiger partial charge in [-0.25, -0.2) is 4.79 Å². The lowest BCUT2D eigenvalue weighted by atomic mass is 9.85. The summed E-state index contributed by atoms with van der Waals surface area (Å²) in [5.41, 5.74) is 0. The van der Waals surface area contributed by atoms with Crippen molar-refractivity contribution in [2.45, 2.75) is 44.2 Å². The Kier molecular flexibility index (Phi) is 5.54. The maximum atomic E-state index is 12.0. The summed E-state index contributed by atoms with van der Waals surface area (Å²) in [6.45, 7) is 3.68. The number of rotatable bonds is 5. The summed E-state index contributed by atoms with van der Waals surface area (Å²) in [6, 6.07) is -1.08. The summed E-state index contributed by atoms with van der Waals surface area (Å²) in [6.07, 6.45) is 6.23. The van der Waals surface area contributed by atoms with Crippen molar-refractivity contribution in [3.8, 4) is 0 Å². The molecule has 122 valence electrons. The highest BCUT2D eigenvalue weighted by molar-refractivity contribution is 5.95. The average molecular weight is 309 g/mol.